The topological polar surface area (TPSA) is 43.4 Å². The van der Waals surface area contributed by atoms with E-state index in [1.54, 1.807) is 0 Å². The van der Waals surface area contributed by atoms with Crippen molar-refractivity contribution in [2.24, 2.45) is 17.3 Å². The number of ether oxygens (including phenoxy) is 1. The number of carbonyl (C=O) groups excluding carboxylic acids is 2. The Morgan fingerprint density at radius 2 is 1.93 bits per heavy atom. The van der Waals surface area contributed by atoms with E-state index < -0.39 is 5.41 Å². The van der Waals surface area contributed by atoms with Crippen molar-refractivity contribution in [3.63, 3.8) is 0 Å². The first-order chi connectivity index (χ1) is 7.20. The SMILES string of the molecule is O=C1CC2(CCCC(C3CC3)C2)C(=O)O1. The molecule has 1 saturated heterocycles. The summed E-state index contributed by atoms with van der Waals surface area (Å²) in [5.74, 6) is 0.970. The van der Waals surface area contributed by atoms with Gasteiger partial charge in [-0.2, -0.15) is 0 Å². The third-order valence-electron chi connectivity index (χ3n) is 4.29. The molecule has 15 heavy (non-hydrogen) atoms. The molecule has 3 nitrogen and oxygen atoms in total. The second-order valence-electron chi connectivity index (χ2n) is 5.41. The van der Waals surface area contributed by atoms with Crippen LogP contribution in [0.1, 0.15) is 44.9 Å². The highest BCUT2D eigenvalue weighted by atomic mass is 16.6. The van der Waals surface area contributed by atoms with Crippen LogP contribution in [-0.4, -0.2) is 11.9 Å². The summed E-state index contributed by atoms with van der Waals surface area (Å²) in [6, 6.07) is 0. The van der Waals surface area contributed by atoms with Crippen LogP contribution < -0.4 is 0 Å². The number of esters is 2. The minimum Gasteiger partial charge on any atom is -0.393 e. The Hall–Kier alpha value is -0.860. The molecule has 82 valence electrons. The molecule has 2 atom stereocenters. The van der Waals surface area contributed by atoms with Crippen molar-refractivity contribution in [1.82, 2.24) is 0 Å². The highest BCUT2D eigenvalue weighted by Crippen LogP contribution is 2.52. The van der Waals surface area contributed by atoms with Gasteiger partial charge in [0.15, 0.2) is 0 Å². The van der Waals surface area contributed by atoms with Gasteiger partial charge in [-0.15, -0.1) is 0 Å². The van der Waals surface area contributed by atoms with Crippen LogP contribution in [0.15, 0.2) is 0 Å². The van der Waals surface area contributed by atoms with Gasteiger partial charge >= 0.3 is 11.9 Å². The van der Waals surface area contributed by atoms with Gasteiger partial charge in [0.05, 0.1) is 11.8 Å². The van der Waals surface area contributed by atoms with Gasteiger partial charge in [-0.25, -0.2) is 0 Å². The third-order valence-corrected chi connectivity index (χ3v) is 4.29. The number of carbonyl (C=O) groups is 2. The Kier molecular flexibility index (Phi) is 1.91. The van der Waals surface area contributed by atoms with E-state index in [0.717, 1.165) is 25.2 Å². The predicted molar refractivity (Wildman–Crippen MR) is 52.8 cm³/mol. The van der Waals surface area contributed by atoms with Crippen LogP contribution in [-0.2, 0) is 14.3 Å². The van der Waals surface area contributed by atoms with E-state index in [4.69, 9.17) is 4.74 Å². The van der Waals surface area contributed by atoms with Crippen molar-refractivity contribution < 1.29 is 14.3 Å². The molecular formula is C12H16O3. The van der Waals surface area contributed by atoms with Gasteiger partial charge in [0.25, 0.3) is 0 Å². The van der Waals surface area contributed by atoms with Gasteiger partial charge in [0.2, 0.25) is 0 Å². The Bertz CT molecular complexity index is 319. The molecule has 3 rings (SSSR count). The molecule has 0 aromatic heterocycles. The van der Waals surface area contributed by atoms with E-state index in [9.17, 15) is 9.59 Å². The standard InChI is InChI=1S/C12H16O3/c13-10-7-12(11(14)15-10)5-1-2-9(6-12)8-3-4-8/h8-9H,1-7H2. The quantitative estimate of drug-likeness (QED) is 0.489. The second kappa shape index (κ2) is 3.06. The lowest BCUT2D eigenvalue weighted by atomic mass is 9.67. The van der Waals surface area contributed by atoms with E-state index in [1.165, 1.54) is 19.3 Å². The van der Waals surface area contributed by atoms with E-state index in [2.05, 4.69) is 0 Å². The smallest absolute Gasteiger partial charge is 0.320 e. The van der Waals surface area contributed by atoms with Crippen LogP contribution in [0, 0.1) is 17.3 Å². The molecule has 1 spiro atoms. The van der Waals surface area contributed by atoms with Gasteiger partial charge in [-0.05, 0) is 37.5 Å². The summed E-state index contributed by atoms with van der Waals surface area (Å²) in [6.45, 7) is 0. The summed E-state index contributed by atoms with van der Waals surface area (Å²) in [6.07, 6.45) is 7.09. The molecule has 0 aromatic rings. The summed E-state index contributed by atoms with van der Waals surface area (Å²) in [5, 5.41) is 0. The van der Waals surface area contributed by atoms with Crippen molar-refractivity contribution in [3.8, 4) is 0 Å². The summed E-state index contributed by atoms with van der Waals surface area (Å²) in [7, 11) is 0. The largest absolute Gasteiger partial charge is 0.393 e. The summed E-state index contributed by atoms with van der Waals surface area (Å²) in [5.41, 5.74) is -0.414. The summed E-state index contributed by atoms with van der Waals surface area (Å²) < 4.78 is 4.73. The van der Waals surface area contributed by atoms with Crippen LogP contribution >= 0.6 is 0 Å². The average Bonchev–Trinajstić information content (AvgIpc) is 2.97. The summed E-state index contributed by atoms with van der Waals surface area (Å²) >= 11 is 0. The predicted octanol–water partition coefficient (Wildman–Crippen LogP) is 2.05. The molecule has 2 saturated carbocycles. The molecule has 3 aliphatic rings. The highest BCUT2D eigenvalue weighted by molar-refractivity contribution is 5.97. The molecule has 0 aromatic carbocycles. The first-order valence-electron chi connectivity index (χ1n) is 5.95. The zero-order valence-corrected chi connectivity index (χ0v) is 8.83. The molecule has 2 aliphatic carbocycles. The maximum Gasteiger partial charge on any atom is 0.320 e. The van der Waals surface area contributed by atoms with Crippen LogP contribution in [0.4, 0.5) is 0 Å². The first kappa shape index (κ1) is 9.37. The number of hydrogen-bond donors (Lipinski definition) is 0. The fourth-order valence-electron chi connectivity index (χ4n) is 3.32. The number of rotatable bonds is 1. The first-order valence-corrected chi connectivity index (χ1v) is 5.95. The van der Waals surface area contributed by atoms with E-state index in [-0.39, 0.29) is 11.9 Å². The van der Waals surface area contributed by atoms with Crippen LogP contribution in [0.3, 0.4) is 0 Å². The van der Waals surface area contributed by atoms with Crippen LogP contribution in [0.25, 0.3) is 0 Å². The summed E-state index contributed by atoms with van der Waals surface area (Å²) in [4.78, 5) is 22.9. The molecule has 3 fully saturated rings. The second-order valence-corrected chi connectivity index (χ2v) is 5.41. The van der Waals surface area contributed by atoms with E-state index in [0.29, 0.717) is 12.3 Å². The molecule has 0 bridgehead atoms. The minimum absolute atomic E-state index is 0.238. The molecule has 0 N–H and O–H groups in total. The zero-order chi connectivity index (χ0) is 10.5. The van der Waals surface area contributed by atoms with Crippen molar-refractivity contribution >= 4 is 11.9 Å². The lowest BCUT2D eigenvalue weighted by molar-refractivity contribution is -0.156. The Balaban J connectivity index is 1.79. The van der Waals surface area contributed by atoms with Gasteiger partial charge < -0.3 is 4.74 Å². The van der Waals surface area contributed by atoms with Gasteiger partial charge in [-0.3, -0.25) is 9.59 Å². The molecule has 3 heteroatoms. The van der Waals surface area contributed by atoms with Crippen LogP contribution in [0.5, 0.6) is 0 Å². The van der Waals surface area contributed by atoms with Gasteiger partial charge in [0, 0.05) is 0 Å². The number of hydrogen-bond acceptors (Lipinski definition) is 3. The van der Waals surface area contributed by atoms with Gasteiger partial charge in [0.1, 0.15) is 0 Å². The van der Waals surface area contributed by atoms with Crippen molar-refractivity contribution in [3.05, 3.63) is 0 Å². The molecule has 0 amide bonds. The van der Waals surface area contributed by atoms with E-state index >= 15 is 0 Å². The highest BCUT2D eigenvalue weighted by Gasteiger charge is 2.53. The molecule has 1 aliphatic heterocycles. The normalized spacial score (nSPS) is 40.9. The fraction of sp³-hybridized carbons (Fsp3) is 0.833. The van der Waals surface area contributed by atoms with Crippen molar-refractivity contribution in [1.29, 1.82) is 0 Å². The maximum atomic E-state index is 11.7. The zero-order valence-electron chi connectivity index (χ0n) is 8.83. The molecule has 0 radical (unpaired) electrons. The lowest BCUT2D eigenvalue weighted by Crippen LogP contribution is -2.33. The van der Waals surface area contributed by atoms with Crippen LogP contribution in [0.2, 0.25) is 0 Å². The van der Waals surface area contributed by atoms with Crippen molar-refractivity contribution in [2.45, 2.75) is 44.9 Å². The van der Waals surface area contributed by atoms with E-state index in [1.807, 2.05) is 0 Å². The van der Waals surface area contributed by atoms with Gasteiger partial charge in [-0.1, -0.05) is 12.8 Å². The molecule has 1 heterocycles. The van der Waals surface area contributed by atoms with Crippen molar-refractivity contribution in [2.75, 3.05) is 0 Å². The Morgan fingerprint density at radius 3 is 2.53 bits per heavy atom. The average molecular weight is 208 g/mol. The molecule has 2 unspecified atom stereocenters. The number of cyclic esters (lactones) is 2. The Labute approximate surface area is 89.2 Å². The minimum atomic E-state index is -0.414. The lowest BCUT2D eigenvalue weighted by Gasteiger charge is -2.34. The third kappa shape index (κ3) is 1.48. The fourth-order valence-corrected chi connectivity index (χ4v) is 3.32. The monoisotopic (exact) mass is 208 g/mol. The maximum absolute atomic E-state index is 11.7. The molecular weight excluding hydrogens is 192 g/mol. The Morgan fingerprint density at radius 1 is 1.13 bits per heavy atom.